The molecule has 0 aromatic carbocycles. The largest absolute Gasteiger partial charge is 0.481 e. The maximum atomic E-state index is 9.87. The highest BCUT2D eigenvalue weighted by molar-refractivity contribution is 7.79. The molecule has 0 aliphatic heterocycles. The summed E-state index contributed by atoms with van der Waals surface area (Å²) in [5, 5.41) is 8.14. The van der Waals surface area contributed by atoms with Crippen LogP contribution in [-0.2, 0) is 15.2 Å². The van der Waals surface area contributed by atoms with Crippen molar-refractivity contribution in [2.45, 2.75) is 32.6 Å². The Kier molecular flexibility index (Phi) is 9.09. The minimum atomic E-state index is -4.67. The molecule has 0 aromatic rings. The molecular weight excluding hydrogens is 200 g/mol. The SMILES string of the molecule is CCCCCC(=O)O.O=S(=O)(O)O. The zero-order valence-electron chi connectivity index (χ0n) is 7.30. The molecule has 0 spiro atoms. The molecule has 0 heterocycles. The quantitative estimate of drug-likeness (QED) is 0.475. The van der Waals surface area contributed by atoms with Gasteiger partial charge in [-0.1, -0.05) is 19.8 Å². The summed E-state index contributed by atoms with van der Waals surface area (Å²) in [5.41, 5.74) is 0. The molecule has 0 atom stereocenters. The Morgan fingerprint density at radius 2 is 1.62 bits per heavy atom. The third kappa shape index (κ3) is 52.5. The molecule has 0 saturated carbocycles. The van der Waals surface area contributed by atoms with Gasteiger partial charge in [-0.05, 0) is 6.42 Å². The fraction of sp³-hybridized carbons (Fsp3) is 0.833. The molecule has 3 N–H and O–H groups in total. The molecule has 0 bridgehead atoms. The zero-order valence-corrected chi connectivity index (χ0v) is 8.12. The molecule has 0 aliphatic carbocycles. The Labute approximate surface area is 77.2 Å². The normalized spacial score (nSPS) is 10.1. The van der Waals surface area contributed by atoms with E-state index in [1.54, 1.807) is 0 Å². The maximum Gasteiger partial charge on any atom is 0.394 e. The highest BCUT2D eigenvalue weighted by Gasteiger charge is 1.92. The van der Waals surface area contributed by atoms with Crippen molar-refractivity contribution in [2.24, 2.45) is 0 Å². The predicted molar refractivity (Wildman–Crippen MR) is 46.0 cm³/mol. The minimum Gasteiger partial charge on any atom is -0.481 e. The van der Waals surface area contributed by atoms with Crippen LogP contribution in [0.3, 0.4) is 0 Å². The second kappa shape index (κ2) is 7.96. The van der Waals surface area contributed by atoms with E-state index in [0.717, 1.165) is 19.3 Å². The lowest BCUT2D eigenvalue weighted by Gasteiger charge is -1.89. The van der Waals surface area contributed by atoms with Crippen LogP contribution in [0.4, 0.5) is 0 Å². The van der Waals surface area contributed by atoms with Crippen LogP contribution >= 0.6 is 0 Å². The first kappa shape index (κ1) is 14.8. The van der Waals surface area contributed by atoms with Crippen molar-refractivity contribution < 1.29 is 27.4 Å². The summed E-state index contributed by atoms with van der Waals surface area (Å²) >= 11 is 0. The molecule has 0 rings (SSSR count). The molecule has 0 aromatic heterocycles. The molecule has 0 fully saturated rings. The van der Waals surface area contributed by atoms with Crippen LogP contribution in [0.15, 0.2) is 0 Å². The van der Waals surface area contributed by atoms with Crippen molar-refractivity contribution in [3.8, 4) is 0 Å². The third-order valence-electron chi connectivity index (χ3n) is 0.994. The first-order valence-electron chi connectivity index (χ1n) is 3.69. The molecule has 13 heavy (non-hydrogen) atoms. The molecule has 0 saturated heterocycles. The van der Waals surface area contributed by atoms with Gasteiger partial charge in [0.15, 0.2) is 0 Å². The van der Waals surface area contributed by atoms with E-state index in [1.165, 1.54) is 0 Å². The summed E-state index contributed by atoms with van der Waals surface area (Å²) < 4.78 is 31.6. The fourth-order valence-corrected chi connectivity index (χ4v) is 0.526. The summed E-state index contributed by atoms with van der Waals surface area (Å²) in [5.74, 6) is -0.682. The predicted octanol–water partition coefficient (Wildman–Crippen LogP) is 0.998. The van der Waals surface area contributed by atoms with Crippen LogP contribution < -0.4 is 0 Å². The first-order chi connectivity index (χ1) is 5.77. The number of carboxylic acid groups (broad SMARTS) is 1. The minimum absolute atomic E-state index is 0.327. The van der Waals surface area contributed by atoms with Crippen LogP contribution in [0, 0.1) is 0 Å². The standard InChI is InChI=1S/C6H12O2.H2O4S/c1-2-3-4-5-6(7)8;1-5(2,3)4/h2-5H2,1H3,(H,7,8);(H2,1,2,3,4). The van der Waals surface area contributed by atoms with Crippen LogP contribution in [0.1, 0.15) is 32.6 Å². The van der Waals surface area contributed by atoms with Gasteiger partial charge in [0.2, 0.25) is 0 Å². The average molecular weight is 214 g/mol. The molecule has 7 heteroatoms. The van der Waals surface area contributed by atoms with Gasteiger partial charge in [0.25, 0.3) is 0 Å². The van der Waals surface area contributed by atoms with E-state index >= 15 is 0 Å². The number of carboxylic acids is 1. The summed E-state index contributed by atoms with van der Waals surface area (Å²) in [6, 6.07) is 0. The third-order valence-corrected chi connectivity index (χ3v) is 0.994. The second-order valence-corrected chi connectivity index (χ2v) is 3.19. The van der Waals surface area contributed by atoms with Crippen LogP contribution in [0.5, 0.6) is 0 Å². The van der Waals surface area contributed by atoms with Gasteiger partial charge >= 0.3 is 16.4 Å². The number of unbranched alkanes of at least 4 members (excludes halogenated alkanes) is 2. The van der Waals surface area contributed by atoms with E-state index in [2.05, 4.69) is 6.92 Å². The molecule has 0 unspecified atom stereocenters. The van der Waals surface area contributed by atoms with Gasteiger partial charge in [-0.15, -0.1) is 0 Å². The highest BCUT2D eigenvalue weighted by atomic mass is 32.3. The van der Waals surface area contributed by atoms with E-state index in [0.29, 0.717) is 6.42 Å². The monoisotopic (exact) mass is 214 g/mol. The molecule has 0 aliphatic rings. The number of rotatable bonds is 4. The van der Waals surface area contributed by atoms with E-state index in [9.17, 15) is 4.79 Å². The van der Waals surface area contributed by atoms with Gasteiger partial charge in [0.1, 0.15) is 0 Å². The highest BCUT2D eigenvalue weighted by Crippen LogP contribution is 1.97. The zero-order chi connectivity index (χ0) is 10.9. The smallest absolute Gasteiger partial charge is 0.394 e. The van der Waals surface area contributed by atoms with Crippen molar-refractivity contribution in [2.75, 3.05) is 0 Å². The van der Waals surface area contributed by atoms with Crippen molar-refractivity contribution >= 4 is 16.4 Å². The number of hydrogen-bond donors (Lipinski definition) is 3. The topological polar surface area (TPSA) is 112 Å². The molecular formula is C6H14O6S. The van der Waals surface area contributed by atoms with Crippen LogP contribution in [0.25, 0.3) is 0 Å². The summed E-state index contributed by atoms with van der Waals surface area (Å²) in [4.78, 5) is 9.87. The maximum absolute atomic E-state index is 9.87. The number of carbonyl (C=O) groups is 1. The Bertz CT molecular complexity index is 211. The first-order valence-corrected chi connectivity index (χ1v) is 5.08. The van der Waals surface area contributed by atoms with Gasteiger partial charge < -0.3 is 5.11 Å². The summed E-state index contributed by atoms with van der Waals surface area (Å²) in [7, 11) is -4.67. The number of hydrogen-bond acceptors (Lipinski definition) is 3. The average Bonchev–Trinajstić information content (AvgIpc) is 1.83. The van der Waals surface area contributed by atoms with E-state index in [-0.39, 0.29) is 0 Å². The lowest BCUT2D eigenvalue weighted by molar-refractivity contribution is -0.137. The van der Waals surface area contributed by atoms with Crippen molar-refractivity contribution in [3.63, 3.8) is 0 Å². The lowest BCUT2D eigenvalue weighted by atomic mass is 10.2. The summed E-state index contributed by atoms with van der Waals surface area (Å²) in [6.07, 6.45) is 3.28. The van der Waals surface area contributed by atoms with Crippen LogP contribution in [0.2, 0.25) is 0 Å². The Morgan fingerprint density at radius 1 is 1.23 bits per heavy atom. The molecule has 0 amide bonds. The van der Waals surface area contributed by atoms with Gasteiger partial charge in [0.05, 0.1) is 0 Å². The van der Waals surface area contributed by atoms with Crippen molar-refractivity contribution in [1.82, 2.24) is 0 Å². The van der Waals surface area contributed by atoms with E-state index in [1.807, 2.05) is 0 Å². The van der Waals surface area contributed by atoms with Crippen LogP contribution in [-0.4, -0.2) is 28.6 Å². The lowest BCUT2D eigenvalue weighted by Crippen LogP contribution is -1.92. The van der Waals surface area contributed by atoms with Gasteiger partial charge in [-0.3, -0.25) is 13.9 Å². The van der Waals surface area contributed by atoms with Gasteiger partial charge in [-0.25, -0.2) is 0 Å². The Hall–Kier alpha value is -0.660. The molecule has 0 radical (unpaired) electrons. The molecule has 80 valence electrons. The number of aliphatic carboxylic acids is 1. The van der Waals surface area contributed by atoms with Gasteiger partial charge in [-0.2, -0.15) is 8.42 Å². The summed E-state index contributed by atoms with van der Waals surface area (Å²) in [6.45, 7) is 2.06. The van der Waals surface area contributed by atoms with E-state index < -0.39 is 16.4 Å². The van der Waals surface area contributed by atoms with Gasteiger partial charge in [0, 0.05) is 6.42 Å². The second-order valence-electron chi connectivity index (χ2n) is 2.30. The van der Waals surface area contributed by atoms with E-state index in [4.69, 9.17) is 22.6 Å². The fourth-order valence-electron chi connectivity index (χ4n) is 0.526. The van der Waals surface area contributed by atoms with Crippen molar-refractivity contribution in [1.29, 1.82) is 0 Å². The molecule has 6 nitrogen and oxygen atoms in total. The Morgan fingerprint density at radius 3 is 1.85 bits per heavy atom. The van der Waals surface area contributed by atoms with Crippen molar-refractivity contribution in [3.05, 3.63) is 0 Å². The Balaban J connectivity index is 0.